The second-order valence-corrected chi connectivity index (χ2v) is 7.90. The molecule has 2 aromatic rings. The minimum absolute atomic E-state index is 0.0489. The van der Waals surface area contributed by atoms with Gasteiger partial charge >= 0.3 is 6.18 Å². The molecular formula is C16H19F3N4O3S. The van der Waals surface area contributed by atoms with E-state index in [1.54, 1.807) is 11.8 Å². The summed E-state index contributed by atoms with van der Waals surface area (Å²) in [7, 11) is -4.22. The van der Waals surface area contributed by atoms with Crippen molar-refractivity contribution in [3.05, 3.63) is 41.6 Å². The SMILES string of the molecule is Cc1ocnc1CN1CCN(c2ccc(S(N)(=O)=O)cc2C(F)(F)F)CC1. The van der Waals surface area contributed by atoms with Gasteiger partial charge < -0.3 is 9.32 Å². The van der Waals surface area contributed by atoms with Gasteiger partial charge in [0.05, 0.1) is 16.2 Å². The lowest BCUT2D eigenvalue weighted by atomic mass is 10.1. The molecule has 11 heteroatoms. The molecule has 0 unspecified atom stereocenters. The molecule has 2 heterocycles. The number of sulfonamides is 1. The van der Waals surface area contributed by atoms with Crippen LogP contribution in [0, 0.1) is 6.92 Å². The number of anilines is 1. The zero-order valence-electron chi connectivity index (χ0n) is 14.5. The Morgan fingerprint density at radius 2 is 1.89 bits per heavy atom. The second kappa shape index (κ2) is 7.13. The summed E-state index contributed by atoms with van der Waals surface area (Å²) in [6, 6.07) is 2.86. The topological polar surface area (TPSA) is 92.7 Å². The normalized spacial score (nSPS) is 16.7. The molecule has 0 spiro atoms. The van der Waals surface area contributed by atoms with E-state index in [0.717, 1.165) is 17.5 Å². The summed E-state index contributed by atoms with van der Waals surface area (Å²) in [5.74, 6) is 0.718. The Morgan fingerprint density at radius 3 is 2.41 bits per heavy atom. The number of oxazole rings is 1. The summed E-state index contributed by atoms with van der Waals surface area (Å²) < 4.78 is 68.3. The molecule has 2 N–H and O–H groups in total. The summed E-state index contributed by atoms with van der Waals surface area (Å²) in [5.41, 5.74) is -0.251. The Balaban J connectivity index is 1.78. The summed E-state index contributed by atoms with van der Waals surface area (Å²) in [6.45, 7) is 4.19. The van der Waals surface area contributed by atoms with E-state index in [2.05, 4.69) is 9.88 Å². The third-order valence-electron chi connectivity index (χ3n) is 4.53. The lowest BCUT2D eigenvalue weighted by Gasteiger charge is -2.37. The van der Waals surface area contributed by atoms with Crippen LogP contribution >= 0.6 is 0 Å². The van der Waals surface area contributed by atoms with Crippen molar-refractivity contribution in [2.75, 3.05) is 31.1 Å². The third-order valence-corrected chi connectivity index (χ3v) is 5.44. The number of piperazine rings is 1. The van der Waals surface area contributed by atoms with Crippen LogP contribution in [-0.2, 0) is 22.7 Å². The highest BCUT2D eigenvalue weighted by Crippen LogP contribution is 2.38. The first-order chi connectivity index (χ1) is 12.6. The highest BCUT2D eigenvalue weighted by Gasteiger charge is 2.36. The zero-order chi connectivity index (χ0) is 19.8. The van der Waals surface area contributed by atoms with Crippen LogP contribution in [0.15, 0.2) is 33.9 Å². The van der Waals surface area contributed by atoms with E-state index in [1.807, 2.05) is 0 Å². The maximum Gasteiger partial charge on any atom is 0.418 e. The Labute approximate surface area is 154 Å². The monoisotopic (exact) mass is 404 g/mol. The van der Waals surface area contributed by atoms with Gasteiger partial charge in [-0.25, -0.2) is 18.5 Å². The van der Waals surface area contributed by atoms with Crippen LogP contribution in [0.3, 0.4) is 0 Å². The number of benzene rings is 1. The number of aryl methyl sites for hydroxylation is 1. The molecule has 1 aromatic heterocycles. The van der Waals surface area contributed by atoms with Gasteiger partial charge in [-0.05, 0) is 25.1 Å². The number of alkyl halides is 3. The van der Waals surface area contributed by atoms with Gasteiger partial charge in [0, 0.05) is 38.4 Å². The van der Waals surface area contributed by atoms with Crippen LogP contribution < -0.4 is 10.0 Å². The van der Waals surface area contributed by atoms with E-state index in [1.165, 1.54) is 12.5 Å². The first kappa shape index (κ1) is 19.6. The largest absolute Gasteiger partial charge is 0.448 e. The Morgan fingerprint density at radius 1 is 1.22 bits per heavy atom. The van der Waals surface area contributed by atoms with Crippen molar-refractivity contribution >= 4 is 15.7 Å². The second-order valence-electron chi connectivity index (χ2n) is 6.34. The molecule has 0 atom stereocenters. The van der Waals surface area contributed by atoms with Crippen molar-refractivity contribution in [1.29, 1.82) is 0 Å². The van der Waals surface area contributed by atoms with E-state index in [9.17, 15) is 21.6 Å². The molecule has 1 aliphatic rings. The van der Waals surface area contributed by atoms with Gasteiger partial charge in [-0.3, -0.25) is 4.90 Å². The number of hydrogen-bond donors (Lipinski definition) is 1. The fourth-order valence-electron chi connectivity index (χ4n) is 3.03. The lowest BCUT2D eigenvalue weighted by molar-refractivity contribution is -0.137. The molecule has 1 fully saturated rings. The smallest absolute Gasteiger partial charge is 0.418 e. The van der Waals surface area contributed by atoms with Gasteiger partial charge in [0.1, 0.15) is 5.76 Å². The van der Waals surface area contributed by atoms with E-state index in [-0.39, 0.29) is 5.69 Å². The van der Waals surface area contributed by atoms with Gasteiger partial charge in [0.2, 0.25) is 10.0 Å². The number of nitrogens with zero attached hydrogens (tertiary/aromatic N) is 3. The summed E-state index contributed by atoms with van der Waals surface area (Å²) in [6.07, 6.45) is -3.32. The molecule has 0 saturated carbocycles. The lowest BCUT2D eigenvalue weighted by Crippen LogP contribution is -2.46. The Bertz CT molecular complexity index is 919. The van der Waals surface area contributed by atoms with E-state index in [0.29, 0.717) is 38.8 Å². The fourth-order valence-corrected chi connectivity index (χ4v) is 3.57. The van der Waals surface area contributed by atoms with Gasteiger partial charge in [-0.1, -0.05) is 0 Å². The summed E-state index contributed by atoms with van der Waals surface area (Å²) in [5, 5.41) is 4.96. The standard InChI is InChI=1S/C16H19F3N4O3S/c1-11-14(21-10-26-11)9-22-4-6-23(7-5-22)15-3-2-12(27(20,24)25)8-13(15)16(17,18)19/h2-3,8,10H,4-7,9H2,1H3,(H2,20,24,25). The molecule has 1 aliphatic heterocycles. The minimum atomic E-state index is -4.69. The predicted octanol–water partition coefficient (Wildman–Crippen LogP) is 1.97. The first-order valence-electron chi connectivity index (χ1n) is 8.16. The molecule has 0 radical (unpaired) electrons. The molecule has 1 saturated heterocycles. The van der Waals surface area contributed by atoms with Gasteiger partial charge in [-0.2, -0.15) is 13.2 Å². The van der Waals surface area contributed by atoms with E-state index in [4.69, 9.17) is 9.56 Å². The fraction of sp³-hybridized carbons (Fsp3) is 0.438. The van der Waals surface area contributed by atoms with Crippen molar-refractivity contribution < 1.29 is 26.0 Å². The summed E-state index contributed by atoms with van der Waals surface area (Å²) >= 11 is 0. The molecule has 0 amide bonds. The Kier molecular flexibility index (Phi) is 5.19. The molecule has 0 aliphatic carbocycles. The minimum Gasteiger partial charge on any atom is -0.448 e. The van der Waals surface area contributed by atoms with Crippen LogP contribution in [0.25, 0.3) is 0 Å². The molecule has 0 bridgehead atoms. The van der Waals surface area contributed by atoms with Gasteiger partial charge in [-0.15, -0.1) is 0 Å². The van der Waals surface area contributed by atoms with Crippen molar-refractivity contribution in [1.82, 2.24) is 9.88 Å². The van der Waals surface area contributed by atoms with Crippen LogP contribution in [0.5, 0.6) is 0 Å². The highest BCUT2D eigenvalue weighted by molar-refractivity contribution is 7.89. The first-order valence-corrected chi connectivity index (χ1v) is 9.70. The van der Waals surface area contributed by atoms with Gasteiger partial charge in [0.25, 0.3) is 0 Å². The maximum absolute atomic E-state index is 13.5. The van der Waals surface area contributed by atoms with Crippen molar-refractivity contribution in [3.8, 4) is 0 Å². The van der Waals surface area contributed by atoms with E-state index >= 15 is 0 Å². The maximum atomic E-state index is 13.5. The van der Waals surface area contributed by atoms with Crippen molar-refractivity contribution in [3.63, 3.8) is 0 Å². The number of primary sulfonamides is 1. The molecule has 3 rings (SSSR count). The quantitative estimate of drug-likeness (QED) is 0.838. The number of rotatable bonds is 4. The molecule has 1 aromatic carbocycles. The molecule has 148 valence electrons. The van der Waals surface area contributed by atoms with Crippen LogP contribution in [0.2, 0.25) is 0 Å². The zero-order valence-corrected chi connectivity index (χ0v) is 15.3. The van der Waals surface area contributed by atoms with Gasteiger partial charge in [0.15, 0.2) is 6.39 Å². The van der Waals surface area contributed by atoms with Crippen LogP contribution in [0.4, 0.5) is 18.9 Å². The molecular weight excluding hydrogens is 385 g/mol. The third kappa shape index (κ3) is 4.42. The van der Waals surface area contributed by atoms with Crippen LogP contribution in [-0.4, -0.2) is 44.5 Å². The predicted molar refractivity (Wildman–Crippen MR) is 91.5 cm³/mol. The van der Waals surface area contributed by atoms with Crippen molar-refractivity contribution in [2.24, 2.45) is 5.14 Å². The number of aromatic nitrogens is 1. The van der Waals surface area contributed by atoms with Crippen molar-refractivity contribution in [2.45, 2.75) is 24.5 Å². The molecule has 7 nitrogen and oxygen atoms in total. The number of nitrogens with two attached hydrogens (primary N) is 1. The number of hydrogen-bond acceptors (Lipinski definition) is 6. The highest BCUT2D eigenvalue weighted by atomic mass is 32.2. The average molecular weight is 404 g/mol. The average Bonchev–Trinajstić information content (AvgIpc) is 2.98. The van der Waals surface area contributed by atoms with Crippen LogP contribution in [0.1, 0.15) is 17.0 Å². The van der Waals surface area contributed by atoms with E-state index < -0.39 is 26.7 Å². The molecule has 27 heavy (non-hydrogen) atoms. The Hall–Kier alpha value is -2.11. The summed E-state index contributed by atoms with van der Waals surface area (Å²) in [4.78, 5) is 7.25. The number of halogens is 3.